The van der Waals surface area contributed by atoms with Crippen LogP contribution < -0.4 is 10.6 Å². The first-order valence-corrected chi connectivity index (χ1v) is 4.95. The molecule has 1 aromatic carbocycles. The van der Waals surface area contributed by atoms with Crippen LogP contribution in [-0.2, 0) is 4.79 Å². The van der Waals surface area contributed by atoms with Gasteiger partial charge in [0.15, 0.2) is 0 Å². The summed E-state index contributed by atoms with van der Waals surface area (Å²) in [6, 6.07) is 5.33. The van der Waals surface area contributed by atoms with E-state index in [1.807, 2.05) is 0 Å². The van der Waals surface area contributed by atoms with Crippen molar-refractivity contribution >= 4 is 12.3 Å². The number of benzene rings is 1. The van der Waals surface area contributed by atoms with E-state index in [-0.39, 0.29) is 11.7 Å². The van der Waals surface area contributed by atoms with E-state index in [1.54, 1.807) is 0 Å². The van der Waals surface area contributed by atoms with Gasteiger partial charge in [-0.05, 0) is 30.7 Å². The Labute approximate surface area is 92.8 Å². The number of halogens is 1. The van der Waals surface area contributed by atoms with Gasteiger partial charge in [-0.1, -0.05) is 0 Å². The third-order valence-corrected chi connectivity index (χ3v) is 1.97. The minimum Gasteiger partial charge on any atom is -0.359 e. The standard InChI is InChI=1S/C11H13FN2O2/c12-10-4-2-9(3-5-10)11(16)14-7-1-6-13-8-15/h2-5,8H,1,6-7H2,(H,13,15)(H,14,16). The number of amides is 2. The summed E-state index contributed by atoms with van der Waals surface area (Å²) in [5.41, 5.74) is 0.421. The summed E-state index contributed by atoms with van der Waals surface area (Å²) in [7, 11) is 0. The highest BCUT2D eigenvalue weighted by molar-refractivity contribution is 5.94. The van der Waals surface area contributed by atoms with Crippen LogP contribution in [0.15, 0.2) is 24.3 Å². The largest absolute Gasteiger partial charge is 0.359 e. The highest BCUT2D eigenvalue weighted by Crippen LogP contribution is 2.02. The van der Waals surface area contributed by atoms with Gasteiger partial charge in [-0.15, -0.1) is 0 Å². The van der Waals surface area contributed by atoms with Crippen LogP contribution in [0.5, 0.6) is 0 Å². The Balaban J connectivity index is 2.29. The van der Waals surface area contributed by atoms with E-state index in [0.29, 0.717) is 31.5 Å². The lowest BCUT2D eigenvalue weighted by Crippen LogP contribution is -2.27. The van der Waals surface area contributed by atoms with Gasteiger partial charge in [0.05, 0.1) is 0 Å². The summed E-state index contributed by atoms with van der Waals surface area (Å²) in [6.07, 6.45) is 1.27. The summed E-state index contributed by atoms with van der Waals surface area (Å²) in [5.74, 6) is -0.613. The van der Waals surface area contributed by atoms with Crippen LogP contribution in [0.2, 0.25) is 0 Å². The molecule has 0 fully saturated rings. The molecule has 0 unspecified atom stereocenters. The summed E-state index contributed by atoms with van der Waals surface area (Å²) < 4.78 is 12.6. The molecule has 1 aromatic rings. The highest BCUT2D eigenvalue weighted by Gasteiger charge is 2.03. The molecule has 0 aliphatic rings. The second-order valence-electron chi connectivity index (χ2n) is 3.19. The van der Waals surface area contributed by atoms with Gasteiger partial charge in [0.2, 0.25) is 6.41 Å². The van der Waals surface area contributed by atoms with Gasteiger partial charge in [-0.3, -0.25) is 9.59 Å². The van der Waals surface area contributed by atoms with E-state index in [0.717, 1.165) is 0 Å². The van der Waals surface area contributed by atoms with E-state index in [4.69, 9.17) is 0 Å². The monoisotopic (exact) mass is 224 g/mol. The molecule has 4 nitrogen and oxygen atoms in total. The second kappa shape index (κ2) is 6.55. The number of nitrogens with one attached hydrogen (secondary N) is 2. The van der Waals surface area contributed by atoms with Crippen molar-refractivity contribution in [2.75, 3.05) is 13.1 Å². The van der Waals surface area contributed by atoms with Gasteiger partial charge in [0.25, 0.3) is 5.91 Å². The van der Waals surface area contributed by atoms with E-state index >= 15 is 0 Å². The molecule has 0 aromatic heterocycles. The molecule has 86 valence electrons. The van der Waals surface area contributed by atoms with Crippen LogP contribution >= 0.6 is 0 Å². The molecule has 2 N–H and O–H groups in total. The summed E-state index contributed by atoms with van der Waals surface area (Å²) in [5, 5.41) is 5.15. The molecular weight excluding hydrogens is 211 g/mol. The fraction of sp³-hybridized carbons (Fsp3) is 0.273. The maximum atomic E-state index is 12.6. The number of rotatable bonds is 6. The first kappa shape index (κ1) is 12.2. The van der Waals surface area contributed by atoms with Gasteiger partial charge >= 0.3 is 0 Å². The second-order valence-corrected chi connectivity index (χ2v) is 3.19. The maximum Gasteiger partial charge on any atom is 0.251 e. The minimum atomic E-state index is -0.369. The molecule has 2 amide bonds. The predicted molar refractivity (Wildman–Crippen MR) is 57.4 cm³/mol. The van der Waals surface area contributed by atoms with Crippen molar-refractivity contribution in [1.29, 1.82) is 0 Å². The van der Waals surface area contributed by atoms with Gasteiger partial charge in [-0.2, -0.15) is 0 Å². The van der Waals surface area contributed by atoms with Crippen LogP contribution in [0.1, 0.15) is 16.8 Å². The van der Waals surface area contributed by atoms with Crippen LogP contribution in [0.4, 0.5) is 4.39 Å². The van der Waals surface area contributed by atoms with Crippen molar-refractivity contribution in [2.24, 2.45) is 0 Å². The molecule has 0 heterocycles. The molecule has 5 heteroatoms. The van der Waals surface area contributed by atoms with E-state index in [2.05, 4.69) is 10.6 Å². The zero-order valence-corrected chi connectivity index (χ0v) is 8.70. The van der Waals surface area contributed by atoms with Crippen molar-refractivity contribution in [3.05, 3.63) is 35.6 Å². The Hall–Kier alpha value is -1.91. The summed E-state index contributed by atoms with van der Waals surface area (Å²) >= 11 is 0. The smallest absolute Gasteiger partial charge is 0.251 e. The number of hydrogen-bond acceptors (Lipinski definition) is 2. The van der Waals surface area contributed by atoms with E-state index < -0.39 is 0 Å². The average Bonchev–Trinajstić information content (AvgIpc) is 2.29. The van der Waals surface area contributed by atoms with Crippen molar-refractivity contribution in [1.82, 2.24) is 10.6 Å². The predicted octanol–water partition coefficient (Wildman–Crippen LogP) is 0.692. The molecular formula is C11H13FN2O2. The minimum absolute atomic E-state index is 0.244. The van der Waals surface area contributed by atoms with Crippen LogP contribution in [0, 0.1) is 5.82 Å². The van der Waals surface area contributed by atoms with Gasteiger partial charge < -0.3 is 10.6 Å². The lowest BCUT2D eigenvalue weighted by molar-refractivity contribution is -0.109. The first-order valence-electron chi connectivity index (χ1n) is 4.95. The number of carbonyl (C=O) groups excluding carboxylic acids is 2. The molecule has 0 aliphatic heterocycles. The average molecular weight is 224 g/mol. The molecule has 0 bridgehead atoms. The lowest BCUT2D eigenvalue weighted by atomic mass is 10.2. The number of hydrogen-bond donors (Lipinski definition) is 2. The molecule has 1 rings (SSSR count). The molecule has 0 atom stereocenters. The van der Waals surface area contributed by atoms with Gasteiger partial charge in [0.1, 0.15) is 5.82 Å². The molecule has 0 saturated heterocycles. The molecule has 0 radical (unpaired) electrons. The van der Waals surface area contributed by atoms with E-state index in [1.165, 1.54) is 24.3 Å². The highest BCUT2D eigenvalue weighted by atomic mass is 19.1. The van der Waals surface area contributed by atoms with E-state index in [9.17, 15) is 14.0 Å². The fourth-order valence-electron chi connectivity index (χ4n) is 1.15. The fourth-order valence-corrected chi connectivity index (χ4v) is 1.15. The topological polar surface area (TPSA) is 58.2 Å². The Bertz CT molecular complexity index is 352. The Morgan fingerprint density at radius 2 is 1.94 bits per heavy atom. The van der Waals surface area contributed by atoms with Crippen LogP contribution in [0.3, 0.4) is 0 Å². The zero-order valence-electron chi connectivity index (χ0n) is 8.70. The lowest BCUT2D eigenvalue weighted by Gasteiger charge is -2.04. The van der Waals surface area contributed by atoms with Crippen LogP contribution in [0.25, 0.3) is 0 Å². The quantitative estimate of drug-likeness (QED) is 0.551. The molecule has 0 spiro atoms. The van der Waals surface area contributed by atoms with Crippen molar-refractivity contribution in [3.8, 4) is 0 Å². The first-order chi connectivity index (χ1) is 7.74. The third kappa shape index (κ3) is 4.08. The zero-order chi connectivity index (χ0) is 11.8. The molecule has 0 saturated carbocycles. The van der Waals surface area contributed by atoms with Crippen LogP contribution in [-0.4, -0.2) is 25.4 Å². The Morgan fingerprint density at radius 1 is 1.25 bits per heavy atom. The Morgan fingerprint density at radius 3 is 2.56 bits per heavy atom. The summed E-state index contributed by atoms with van der Waals surface area (Å²) in [6.45, 7) is 0.990. The van der Waals surface area contributed by atoms with Crippen molar-refractivity contribution < 1.29 is 14.0 Å². The SMILES string of the molecule is O=CNCCCNC(=O)c1ccc(F)cc1. The van der Waals surface area contributed by atoms with Gasteiger partial charge in [-0.25, -0.2) is 4.39 Å². The Kier molecular flexibility index (Phi) is 4.98. The number of carbonyl (C=O) groups is 2. The summed E-state index contributed by atoms with van der Waals surface area (Å²) in [4.78, 5) is 21.4. The van der Waals surface area contributed by atoms with Crippen molar-refractivity contribution in [2.45, 2.75) is 6.42 Å². The van der Waals surface area contributed by atoms with Gasteiger partial charge in [0, 0.05) is 18.7 Å². The normalized spacial score (nSPS) is 9.56. The van der Waals surface area contributed by atoms with Crippen molar-refractivity contribution in [3.63, 3.8) is 0 Å². The third-order valence-electron chi connectivity index (χ3n) is 1.97. The maximum absolute atomic E-state index is 12.6. The molecule has 0 aliphatic carbocycles. The molecule has 16 heavy (non-hydrogen) atoms.